The SMILES string of the molecule is CCN1CSc2ccc(F)cc21. The summed E-state index contributed by atoms with van der Waals surface area (Å²) in [7, 11) is 0. The van der Waals surface area contributed by atoms with Gasteiger partial charge < -0.3 is 4.90 Å². The number of nitrogens with zero attached hydrogens (tertiary/aromatic N) is 1. The van der Waals surface area contributed by atoms with Crippen molar-refractivity contribution in [3.05, 3.63) is 24.0 Å². The standard InChI is InChI=1S/C9H10FNS/c1-2-11-6-12-9-4-3-7(10)5-8(9)11/h3-5H,2,6H2,1H3. The van der Waals surface area contributed by atoms with Crippen LogP contribution in [0, 0.1) is 5.82 Å². The van der Waals surface area contributed by atoms with Gasteiger partial charge in [0.25, 0.3) is 0 Å². The molecule has 0 atom stereocenters. The summed E-state index contributed by atoms with van der Waals surface area (Å²) in [6.07, 6.45) is 0. The fourth-order valence-corrected chi connectivity index (χ4v) is 2.46. The van der Waals surface area contributed by atoms with Crippen LogP contribution in [0.4, 0.5) is 10.1 Å². The predicted molar refractivity (Wildman–Crippen MR) is 50.1 cm³/mol. The van der Waals surface area contributed by atoms with Gasteiger partial charge in [0.1, 0.15) is 5.82 Å². The van der Waals surface area contributed by atoms with E-state index in [1.54, 1.807) is 17.8 Å². The minimum Gasteiger partial charge on any atom is -0.361 e. The van der Waals surface area contributed by atoms with Crippen LogP contribution < -0.4 is 4.90 Å². The molecule has 0 N–H and O–H groups in total. The maximum absolute atomic E-state index is 12.8. The highest BCUT2D eigenvalue weighted by Crippen LogP contribution is 2.38. The maximum atomic E-state index is 12.8. The number of hydrogen-bond donors (Lipinski definition) is 0. The van der Waals surface area contributed by atoms with Crippen LogP contribution in [-0.2, 0) is 0 Å². The molecular weight excluding hydrogens is 173 g/mol. The lowest BCUT2D eigenvalue weighted by Crippen LogP contribution is -2.17. The van der Waals surface area contributed by atoms with Crippen molar-refractivity contribution in [2.45, 2.75) is 11.8 Å². The van der Waals surface area contributed by atoms with Gasteiger partial charge in [-0.2, -0.15) is 0 Å². The third kappa shape index (κ3) is 1.18. The van der Waals surface area contributed by atoms with Crippen LogP contribution in [0.25, 0.3) is 0 Å². The molecule has 64 valence electrons. The minimum atomic E-state index is -0.144. The zero-order chi connectivity index (χ0) is 8.55. The van der Waals surface area contributed by atoms with Crippen LogP contribution in [0.1, 0.15) is 6.92 Å². The van der Waals surface area contributed by atoms with Crippen LogP contribution in [0.5, 0.6) is 0 Å². The first-order chi connectivity index (χ1) is 5.81. The molecule has 0 aromatic heterocycles. The quantitative estimate of drug-likeness (QED) is 0.658. The third-order valence-electron chi connectivity index (χ3n) is 2.02. The zero-order valence-corrected chi connectivity index (χ0v) is 7.70. The van der Waals surface area contributed by atoms with Gasteiger partial charge in [-0.05, 0) is 25.1 Å². The van der Waals surface area contributed by atoms with Crippen molar-refractivity contribution in [3.63, 3.8) is 0 Å². The summed E-state index contributed by atoms with van der Waals surface area (Å²) in [5.74, 6) is 0.810. The molecule has 1 aliphatic rings. The van der Waals surface area contributed by atoms with Crippen molar-refractivity contribution in [2.75, 3.05) is 17.3 Å². The van der Waals surface area contributed by atoms with E-state index in [2.05, 4.69) is 11.8 Å². The van der Waals surface area contributed by atoms with E-state index in [4.69, 9.17) is 0 Å². The first kappa shape index (κ1) is 7.92. The lowest BCUT2D eigenvalue weighted by molar-refractivity contribution is 0.626. The lowest BCUT2D eigenvalue weighted by Gasteiger charge is -2.14. The molecule has 2 rings (SSSR count). The second-order valence-corrected chi connectivity index (χ2v) is 3.73. The highest BCUT2D eigenvalue weighted by Gasteiger charge is 2.18. The second kappa shape index (κ2) is 2.98. The van der Waals surface area contributed by atoms with E-state index in [1.165, 1.54) is 11.0 Å². The second-order valence-electron chi connectivity index (χ2n) is 2.74. The van der Waals surface area contributed by atoms with E-state index < -0.39 is 0 Å². The summed E-state index contributed by atoms with van der Waals surface area (Å²) in [6.45, 7) is 3.03. The smallest absolute Gasteiger partial charge is 0.125 e. The number of benzene rings is 1. The Kier molecular flexibility index (Phi) is 1.97. The topological polar surface area (TPSA) is 3.24 Å². The van der Waals surface area contributed by atoms with E-state index >= 15 is 0 Å². The average molecular weight is 183 g/mol. The van der Waals surface area contributed by atoms with E-state index in [-0.39, 0.29) is 5.82 Å². The number of fused-ring (bicyclic) bond motifs is 1. The van der Waals surface area contributed by atoms with Gasteiger partial charge in [0.05, 0.1) is 11.6 Å². The molecule has 0 bridgehead atoms. The Morgan fingerprint density at radius 1 is 1.58 bits per heavy atom. The van der Waals surface area contributed by atoms with E-state index in [1.807, 2.05) is 6.07 Å². The van der Waals surface area contributed by atoms with Crippen molar-refractivity contribution < 1.29 is 4.39 Å². The Morgan fingerprint density at radius 2 is 2.42 bits per heavy atom. The Hall–Kier alpha value is -0.700. The van der Waals surface area contributed by atoms with Gasteiger partial charge in [0, 0.05) is 11.4 Å². The van der Waals surface area contributed by atoms with Crippen molar-refractivity contribution in [2.24, 2.45) is 0 Å². The van der Waals surface area contributed by atoms with E-state index in [0.29, 0.717) is 0 Å². The van der Waals surface area contributed by atoms with Crippen LogP contribution in [0.2, 0.25) is 0 Å². The number of hydrogen-bond acceptors (Lipinski definition) is 2. The molecule has 0 amide bonds. The van der Waals surface area contributed by atoms with Crippen molar-refractivity contribution in [1.29, 1.82) is 0 Å². The van der Waals surface area contributed by atoms with Crippen LogP contribution in [-0.4, -0.2) is 12.4 Å². The highest BCUT2D eigenvalue weighted by atomic mass is 32.2. The molecule has 1 aromatic carbocycles. The highest BCUT2D eigenvalue weighted by molar-refractivity contribution is 7.99. The first-order valence-corrected chi connectivity index (χ1v) is 4.97. The van der Waals surface area contributed by atoms with Crippen molar-refractivity contribution >= 4 is 17.4 Å². The molecule has 0 spiro atoms. The van der Waals surface area contributed by atoms with Crippen molar-refractivity contribution in [3.8, 4) is 0 Å². The Balaban J connectivity index is 2.42. The maximum Gasteiger partial charge on any atom is 0.125 e. The minimum absolute atomic E-state index is 0.144. The normalized spacial score (nSPS) is 15.0. The van der Waals surface area contributed by atoms with Gasteiger partial charge in [-0.3, -0.25) is 0 Å². The molecule has 1 nitrogen and oxygen atoms in total. The molecule has 1 heterocycles. The fraction of sp³-hybridized carbons (Fsp3) is 0.333. The number of thioether (sulfide) groups is 1. The average Bonchev–Trinajstić information content (AvgIpc) is 2.46. The zero-order valence-electron chi connectivity index (χ0n) is 6.88. The first-order valence-electron chi connectivity index (χ1n) is 3.98. The Labute approximate surface area is 75.6 Å². The van der Waals surface area contributed by atoms with Gasteiger partial charge in [-0.15, -0.1) is 11.8 Å². The molecule has 0 saturated carbocycles. The molecule has 3 heteroatoms. The molecule has 0 radical (unpaired) electrons. The number of halogens is 1. The monoisotopic (exact) mass is 183 g/mol. The predicted octanol–water partition coefficient (Wildman–Crippen LogP) is 2.72. The van der Waals surface area contributed by atoms with Crippen LogP contribution >= 0.6 is 11.8 Å². The summed E-state index contributed by atoms with van der Waals surface area (Å²) < 4.78 is 12.8. The molecule has 12 heavy (non-hydrogen) atoms. The summed E-state index contributed by atoms with van der Waals surface area (Å²) in [5.41, 5.74) is 1.04. The van der Waals surface area contributed by atoms with Crippen molar-refractivity contribution in [1.82, 2.24) is 0 Å². The molecule has 0 aliphatic carbocycles. The fourth-order valence-electron chi connectivity index (χ4n) is 1.34. The molecule has 0 unspecified atom stereocenters. The van der Waals surface area contributed by atoms with Gasteiger partial charge in [0.15, 0.2) is 0 Å². The summed E-state index contributed by atoms with van der Waals surface area (Å²) >= 11 is 1.77. The van der Waals surface area contributed by atoms with Gasteiger partial charge in [0.2, 0.25) is 0 Å². The largest absolute Gasteiger partial charge is 0.361 e. The number of anilines is 1. The summed E-state index contributed by atoms with van der Waals surface area (Å²) in [5, 5.41) is 0. The molecule has 1 aromatic rings. The Bertz CT molecular complexity index is 301. The molecule has 0 saturated heterocycles. The van der Waals surface area contributed by atoms with Gasteiger partial charge in [-0.1, -0.05) is 0 Å². The third-order valence-corrected chi connectivity index (χ3v) is 3.12. The summed E-state index contributed by atoms with van der Waals surface area (Å²) in [6, 6.07) is 4.98. The number of rotatable bonds is 1. The van der Waals surface area contributed by atoms with Crippen LogP contribution in [0.3, 0.4) is 0 Å². The van der Waals surface area contributed by atoms with Gasteiger partial charge >= 0.3 is 0 Å². The Morgan fingerprint density at radius 3 is 3.17 bits per heavy atom. The molecule has 0 fully saturated rings. The van der Waals surface area contributed by atoms with Gasteiger partial charge in [-0.25, -0.2) is 4.39 Å². The molecule has 1 aliphatic heterocycles. The lowest BCUT2D eigenvalue weighted by atomic mass is 10.3. The summed E-state index contributed by atoms with van der Waals surface area (Å²) in [4.78, 5) is 3.36. The molecular formula is C9H10FNS. The van der Waals surface area contributed by atoms with E-state index in [9.17, 15) is 4.39 Å². The van der Waals surface area contributed by atoms with Crippen LogP contribution in [0.15, 0.2) is 23.1 Å². The van der Waals surface area contributed by atoms with E-state index in [0.717, 1.165) is 18.1 Å².